The number of thioether (sulfide) groups is 1. The third-order valence-electron chi connectivity index (χ3n) is 4.06. The molecule has 1 nitrogen and oxygen atoms in total. The van der Waals surface area contributed by atoms with Crippen LogP contribution in [0, 0.1) is 5.92 Å². The summed E-state index contributed by atoms with van der Waals surface area (Å²) in [6, 6.07) is 12.2. The molecule has 1 aliphatic rings. The summed E-state index contributed by atoms with van der Waals surface area (Å²) in [6.45, 7) is 4.63. The first-order chi connectivity index (χ1) is 9.19. The lowest BCUT2D eigenvalue weighted by Gasteiger charge is -2.25. The molecule has 0 spiro atoms. The molecular weight excluding hydrogens is 250 g/mol. The van der Waals surface area contributed by atoms with E-state index in [1.165, 1.54) is 31.2 Å². The molecule has 19 heavy (non-hydrogen) atoms. The zero-order valence-electron chi connectivity index (χ0n) is 12.4. The summed E-state index contributed by atoms with van der Waals surface area (Å²) < 4.78 is 0. The van der Waals surface area contributed by atoms with Gasteiger partial charge in [0.15, 0.2) is 0 Å². The molecule has 1 fully saturated rings. The van der Waals surface area contributed by atoms with Gasteiger partial charge in [-0.2, -0.15) is 11.8 Å². The normalized spacial score (nSPS) is 24.8. The fourth-order valence-corrected chi connectivity index (χ4v) is 3.84. The molecule has 0 aromatic heterocycles. The predicted molar refractivity (Wildman–Crippen MR) is 86.7 cm³/mol. The molecule has 0 amide bonds. The second-order valence-electron chi connectivity index (χ2n) is 6.13. The van der Waals surface area contributed by atoms with E-state index in [0.717, 1.165) is 11.2 Å². The van der Waals surface area contributed by atoms with Gasteiger partial charge in [0.1, 0.15) is 0 Å². The average molecular weight is 277 g/mol. The van der Waals surface area contributed by atoms with Crippen LogP contribution in [0.3, 0.4) is 0 Å². The van der Waals surface area contributed by atoms with Gasteiger partial charge in [0.25, 0.3) is 0 Å². The van der Waals surface area contributed by atoms with E-state index in [4.69, 9.17) is 0 Å². The third kappa shape index (κ3) is 4.54. The summed E-state index contributed by atoms with van der Waals surface area (Å²) in [5.74, 6) is 0.732. The van der Waals surface area contributed by atoms with Crippen LogP contribution in [0.25, 0.3) is 0 Å². The molecule has 2 heteroatoms. The van der Waals surface area contributed by atoms with Gasteiger partial charge in [-0.3, -0.25) is 0 Å². The maximum atomic E-state index is 3.91. The summed E-state index contributed by atoms with van der Waals surface area (Å²) in [6.07, 6.45) is 7.53. The van der Waals surface area contributed by atoms with Gasteiger partial charge in [0.05, 0.1) is 0 Å². The molecule has 1 saturated carbocycles. The Balaban J connectivity index is 1.99. The molecule has 1 aromatic carbocycles. The van der Waals surface area contributed by atoms with Crippen molar-refractivity contribution in [2.24, 2.45) is 5.92 Å². The van der Waals surface area contributed by atoms with Crippen molar-refractivity contribution in [2.45, 2.75) is 56.9 Å². The smallest absolute Gasteiger partial charge is 0.0325 e. The number of benzene rings is 1. The average Bonchev–Trinajstić information content (AvgIpc) is 2.86. The van der Waals surface area contributed by atoms with Crippen molar-refractivity contribution in [3.63, 3.8) is 0 Å². The first kappa shape index (κ1) is 14.9. The minimum atomic E-state index is 0.520. The van der Waals surface area contributed by atoms with Crippen molar-refractivity contribution >= 4 is 11.8 Å². The number of nitrogens with one attached hydrogen (secondary N) is 1. The maximum Gasteiger partial charge on any atom is 0.0325 e. The highest BCUT2D eigenvalue weighted by Crippen LogP contribution is 2.31. The predicted octanol–water partition coefficient (Wildman–Crippen LogP) is 4.65. The summed E-state index contributed by atoms with van der Waals surface area (Å²) in [4.78, 5) is 0. The lowest BCUT2D eigenvalue weighted by atomic mass is 9.96. The van der Waals surface area contributed by atoms with Crippen molar-refractivity contribution in [3.8, 4) is 0 Å². The van der Waals surface area contributed by atoms with Gasteiger partial charge in [-0.1, -0.05) is 44.2 Å². The highest BCUT2D eigenvalue weighted by Gasteiger charge is 2.26. The number of hydrogen-bond acceptors (Lipinski definition) is 2. The van der Waals surface area contributed by atoms with Crippen molar-refractivity contribution in [1.29, 1.82) is 0 Å². The minimum absolute atomic E-state index is 0.520. The molecule has 0 aliphatic heterocycles. The summed E-state index contributed by atoms with van der Waals surface area (Å²) >= 11 is 2.03. The fourth-order valence-electron chi connectivity index (χ4n) is 3.05. The summed E-state index contributed by atoms with van der Waals surface area (Å²) in [5.41, 5.74) is 1.45. The summed E-state index contributed by atoms with van der Waals surface area (Å²) in [5, 5.41) is 4.78. The van der Waals surface area contributed by atoms with Crippen molar-refractivity contribution in [3.05, 3.63) is 35.9 Å². The topological polar surface area (TPSA) is 12.0 Å². The van der Waals surface area contributed by atoms with Crippen LogP contribution < -0.4 is 5.32 Å². The Hall–Kier alpha value is -0.470. The molecule has 0 saturated heterocycles. The second kappa shape index (κ2) is 7.35. The lowest BCUT2D eigenvalue weighted by Crippen LogP contribution is -2.32. The Morgan fingerprint density at radius 1 is 1.21 bits per heavy atom. The van der Waals surface area contributed by atoms with Gasteiger partial charge >= 0.3 is 0 Å². The molecule has 2 rings (SSSR count). The van der Waals surface area contributed by atoms with E-state index in [2.05, 4.69) is 55.8 Å². The largest absolute Gasteiger partial charge is 0.307 e. The van der Waals surface area contributed by atoms with Gasteiger partial charge in [-0.15, -0.1) is 0 Å². The summed E-state index contributed by atoms with van der Waals surface area (Å²) in [7, 11) is 0. The van der Waals surface area contributed by atoms with Crippen LogP contribution in [-0.4, -0.2) is 17.5 Å². The SMILES string of the molecule is CSC1CCC(NC(CC(C)C)c2ccccc2)C1. The fraction of sp³-hybridized carbons (Fsp3) is 0.647. The monoisotopic (exact) mass is 277 g/mol. The van der Waals surface area contributed by atoms with Crippen LogP contribution in [0.2, 0.25) is 0 Å². The lowest BCUT2D eigenvalue weighted by molar-refractivity contribution is 0.380. The number of hydrogen-bond donors (Lipinski definition) is 1. The molecule has 0 radical (unpaired) electrons. The second-order valence-corrected chi connectivity index (χ2v) is 7.27. The van der Waals surface area contributed by atoms with Crippen LogP contribution >= 0.6 is 11.8 Å². The molecular formula is C17H27NS. The van der Waals surface area contributed by atoms with E-state index in [9.17, 15) is 0 Å². The Labute approximate surface area is 122 Å². The molecule has 0 heterocycles. The number of rotatable bonds is 6. The Kier molecular flexibility index (Phi) is 5.77. The molecule has 3 unspecified atom stereocenters. The molecule has 106 valence electrons. The molecule has 1 aromatic rings. The van der Waals surface area contributed by atoms with E-state index >= 15 is 0 Å². The Bertz CT molecular complexity index is 363. The van der Waals surface area contributed by atoms with Crippen molar-refractivity contribution in [2.75, 3.05) is 6.26 Å². The van der Waals surface area contributed by atoms with E-state index in [-0.39, 0.29) is 0 Å². The first-order valence-electron chi connectivity index (χ1n) is 7.52. The Morgan fingerprint density at radius 2 is 1.95 bits per heavy atom. The minimum Gasteiger partial charge on any atom is -0.307 e. The molecule has 3 atom stereocenters. The van der Waals surface area contributed by atoms with Crippen molar-refractivity contribution in [1.82, 2.24) is 5.32 Å². The highest BCUT2D eigenvalue weighted by molar-refractivity contribution is 7.99. The maximum absolute atomic E-state index is 3.91. The molecule has 1 aliphatic carbocycles. The zero-order valence-corrected chi connectivity index (χ0v) is 13.2. The van der Waals surface area contributed by atoms with E-state index < -0.39 is 0 Å². The molecule has 1 N–H and O–H groups in total. The van der Waals surface area contributed by atoms with Crippen LogP contribution in [0.5, 0.6) is 0 Å². The van der Waals surface area contributed by atoms with Crippen LogP contribution in [0.1, 0.15) is 51.1 Å². The Morgan fingerprint density at radius 3 is 2.53 bits per heavy atom. The van der Waals surface area contributed by atoms with E-state index in [1.54, 1.807) is 0 Å². The van der Waals surface area contributed by atoms with Gasteiger partial charge in [-0.05, 0) is 43.4 Å². The third-order valence-corrected chi connectivity index (χ3v) is 5.16. The highest BCUT2D eigenvalue weighted by atomic mass is 32.2. The van der Waals surface area contributed by atoms with Crippen LogP contribution in [0.4, 0.5) is 0 Å². The zero-order chi connectivity index (χ0) is 13.7. The standard InChI is InChI=1S/C17H27NS/c1-13(2)11-17(14-7-5-4-6-8-14)18-15-9-10-16(12-15)19-3/h4-8,13,15-18H,9-12H2,1-3H3. The molecule has 0 bridgehead atoms. The van der Waals surface area contributed by atoms with Gasteiger partial charge < -0.3 is 5.32 Å². The van der Waals surface area contributed by atoms with Crippen LogP contribution in [-0.2, 0) is 0 Å². The van der Waals surface area contributed by atoms with Crippen molar-refractivity contribution < 1.29 is 0 Å². The van der Waals surface area contributed by atoms with Gasteiger partial charge in [0.2, 0.25) is 0 Å². The van der Waals surface area contributed by atoms with E-state index in [1.807, 2.05) is 11.8 Å². The van der Waals surface area contributed by atoms with Gasteiger partial charge in [-0.25, -0.2) is 0 Å². The quantitative estimate of drug-likeness (QED) is 0.812. The van der Waals surface area contributed by atoms with Crippen LogP contribution in [0.15, 0.2) is 30.3 Å². The van der Waals surface area contributed by atoms with E-state index in [0.29, 0.717) is 12.1 Å². The van der Waals surface area contributed by atoms with Gasteiger partial charge in [0, 0.05) is 17.3 Å². The first-order valence-corrected chi connectivity index (χ1v) is 8.81.